The van der Waals surface area contributed by atoms with Crippen molar-refractivity contribution in [1.29, 1.82) is 0 Å². The first kappa shape index (κ1) is 12.3. The van der Waals surface area contributed by atoms with Gasteiger partial charge in [-0.05, 0) is 32.4 Å². The van der Waals surface area contributed by atoms with Gasteiger partial charge >= 0.3 is 0 Å². The summed E-state index contributed by atoms with van der Waals surface area (Å²) in [6.07, 6.45) is 1.75. The molecule has 4 N–H and O–H groups in total. The molecule has 0 saturated heterocycles. The Balaban J connectivity index is 2.51. The standard InChI is InChI=1S/C12H17N5O/c1-7-4-8-9(15-5-7)17(11(14)16-8)6-12(2,3)10(13)18/h4-5H,6H2,1-3H3,(H2,13,18)(H2,14,16). The molecular weight excluding hydrogens is 230 g/mol. The number of fused-ring (bicyclic) bond motifs is 1. The molecule has 0 spiro atoms. The van der Waals surface area contributed by atoms with Crippen LogP contribution in [0.3, 0.4) is 0 Å². The molecule has 6 nitrogen and oxygen atoms in total. The van der Waals surface area contributed by atoms with Crippen LogP contribution in [-0.2, 0) is 11.3 Å². The van der Waals surface area contributed by atoms with E-state index in [0.29, 0.717) is 18.1 Å². The number of rotatable bonds is 3. The third kappa shape index (κ3) is 2.01. The number of amides is 1. The molecule has 96 valence electrons. The van der Waals surface area contributed by atoms with Crippen LogP contribution in [0.15, 0.2) is 12.3 Å². The minimum atomic E-state index is -0.700. The lowest BCUT2D eigenvalue weighted by molar-refractivity contribution is -0.126. The Labute approximate surface area is 105 Å². The second-order valence-electron chi connectivity index (χ2n) is 5.16. The van der Waals surface area contributed by atoms with Crippen molar-refractivity contribution >= 4 is 23.0 Å². The van der Waals surface area contributed by atoms with Gasteiger partial charge in [0.05, 0.1) is 5.41 Å². The van der Waals surface area contributed by atoms with Crippen LogP contribution in [0.25, 0.3) is 11.2 Å². The highest BCUT2D eigenvalue weighted by Gasteiger charge is 2.27. The molecule has 0 atom stereocenters. The van der Waals surface area contributed by atoms with Crippen molar-refractivity contribution in [3.8, 4) is 0 Å². The Bertz CT molecular complexity index is 614. The Morgan fingerprint density at radius 1 is 1.50 bits per heavy atom. The van der Waals surface area contributed by atoms with Crippen molar-refractivity contribution in [3.05, 3.63) is 17.8 Å². The van der Waals surface area contributed by atoms with E-state index in [-0.39, 0.29) is 5.91 Å². The lowest BCUT2D eigenvalue weighted by atomic mass is 9.92. The first-order valence-electron chi connectivity index (χ1n) is 5.69. The summed E-state index contributed by atoms with van der Waals surface area (Å²) in [5, 5.41) is 0. The number of anilines is 1. The van der Waals surface area contributed by atoms with Gasteiger partial charge in [0.25, 0.3) is 0 Å². The third-order valence-corrected chi connectivity index (χ3v) is 2.97. The van der Waals surface area contributed by atoms with Crippen LogP contribution >= 0.6 is 0 Å². The first-order valence-corrected chi connectivity index (χ1v) is 5.69. The number of nitrogen functional groups attached to an aromatic ring is 1. The first-order chi connectivity index (χ1) is 8.31. The number of pyridine rings is 1. The topological polar surface area (TPSA) is 99.8 Å². The zero-order chi connectivity index (χ0) is 13.5. The minimum absolute atomic E-state index is 0.345. The number of nitrogens with two attached hydrogens (primary N) is 2. The number of imidazole rings is 1. The van der Waals surface area contributed by atoms with E-state index in [9.17, 15) is 4.79 Å². The van der Waals surface area contributed by atoms with Crippen molar-refractivity contribution in [3.63, 3.8) is 0 Å². The number of aromatic nitrogens is 3. The van der Waals surface area contributed by atoms with Crippen LogP contribution in [0.1, 0.15) is 19.4 Å². The monoisotopic (exact) mass is 247 g/mol. The number of carbonyl (C=O) groups is 1. The van der Waals surface area contributed by atoms with E-state index < -0.39 is 5.41 Å². The Morgan fingerprint density at radius 2 is 2.17 bits per heavy atom. The molecule has 0 fully saturated rings. The number of carbonyl (C=O) groups excluding carboxylic acids is 1. The van der Waals surface area contributed by atoms with E-state index in [4.69, 9.17) is 11.5 Å². The van der Waals surface area contributed by atoms with E-state index in [1.54, 1.807) is 24.6 Å². The summed E-state index contributed by atoms with van der Waals surface area (Å²) < 4.78 is 1.72. The quantitative estimate of drug-likeness (QED) is 0.839. The second-order valence-corrected chi connectivity index (χ2v) is 5.16. The molecule has 0 aromatic carbocycles. The van der Waals surface area contributed by atoms with Gasteiger partial charge in [0, 0.05) is 12.7 Å². The largest absolute Gasteiger partial charge is 0.369 e. The predicted molar refractivity (Wildman–Crippen MR) is 69.7 cm³/mol. The van der Waals surface area contributed by atoms with Gasteiger partial charge in [-0.1, -0.05) is 0 Å². The van der Waals surface area contributed by atoms with Crippen LogP contribution in [0, 0.1) is 12.3 Å². The molecule has 0 saturated carbocycles. The zero-order valence-electron chi connectivity index (χ0n) is 10.8. The zero-order valence-corrected chi connectivity index (χ0v) is 10.8. The minimum Gasteiger partial charge on any atom is -0.369 e. The molecule has 18 heavy (non-hydrogen) atoms. The van der Waals surface area contributed by atoms with Gasteiger partial charge < -0.3 is 11.5 Å². The van der Waals surface area contributed by atoms with Gasteiger partial charge in [-0.3, -0.25) is 9.36 Å². The van der Waals surface area contributed by atoms with Gasteiger partial charge in [0.15, 0.2) is 5.65 Å². The highest BCUT2D eigenvalue weighted by Crippen LogP contribution is 2.23. The molecule has 2 rings (SSSR count). The third-order valence-electron chi connectivity index (χ3n) is 2.97. The van der Waals surface area contributed by atoms with Crippen molar-refractivity contribution in [1.82, 2.24) is 14.5 Å². The summed E-state index contributed by atoms with van der Waals surface area (Å²) in [6, 6.07) is 1.91. The second kappa shape index (κ2) is 3.97. The predicted octanol–water partition coefficient (Wildman–Crippen LogP) is 0.833. The van der Waals surface area contributed by atoms with Gasteiger partial charge in [-0.2, -0.15) is 0 Å². The van der Waals surface area contributed by atoms with Crippen LogP contribution in [0.5, 0.6) is 0 Å². The molecular formula is C12H17N5O. The summed E-state index contributed by atoms with van der Waals surface area (Å²) >= 11 is 0. The Hall–Kier alpha value is -2.11. The molecule has 2 heterocycles. The summed E-state index contributed by atoms with van der Waals surface area (Å²) in [5.41, 5.74) is 13.0. The highest BCUT2D eigenvalue weighted by molar-refractivity contribution is 5.80. The maximum absolute atomic E-state index is 11.4. The van der Waals surface area contributed by atoms with Crippen LogP contribution < -0.4 is 11.5 Å². The van der Waals surface area contributed by atoms with Crippen LogP contribution in [0.2, 0.25) is 0 Å². The maximum Gasteiger partial charge on any atom is 0.224 e. The van der Waals surface area contributed by atoms with Crippen LogP contribution in [0.4, 0.5) is 5.95 Å². The van der Waals surface area contributed by atoms with Gasteiger partial charge in [-0.15, -0.1) is 0 Å². The van der Waals surface area contributed by atoms with Crippen molar-refractivity contribution in [2.24, 2.45) is 11.1 Å². The molecule has 0 bridgehead atoms. The average Bonchev–Trinajstić information content (AvgIpc) is 2.54. The molecule has 0 unspecified atom stereocenters. The molecule has 2 aromatic heterocycles. The van der Waals surface area contributed by atoms with E-state index in [0.717, 1.165) is 11.1 Å². The van der Waals surface area contributed by atoms with Crippen molar-refractivity contribution in [2.75, 3.05) is 5.73 Å². The number of hydrogen-bond acceptors (Lipinski definition) is 4. The highest BCUT2D eigenvalue weighted by atomic mass is 16.1. The maximum atomic E-state index is 11.4. The van der Waals surface area contributed by atoms with Crippen LogP contribution in [-0.4, -0.2) is 20.4 Å². The van der Waals surface area contributed by atoms with E-state index >= 15 is 0 Å². The lowest BCUT2D eigenvalue weighted by Gasteiger charge is -2.21. The number of aryl methyl sites for hydroxylation is 1. The number of nitrogens with zero attached hydrogens (tertiary/aromatic N) is 3. The fourth-order valence-corrected chi connectivity index (χ4v) is 1.76. The lowest BCUT2D eigenvalue weighted by Crippen LogP contribution is -2.35. The van der Waals surface area contributed by atoms with Crippen molar-refractivity contribution < 1.29 is 4.79 Å². The summed E-state index contributed by atoms with van der Waals surface area (Å²) in [4.78, 5) is 19.9. The fraction of sp³-hybridized carbons (Fsp3) is 0.417. The summed E-state index contributed by atoms with van der Waals surface area (Å²) in [6.45, 7) is 5.85. The molecule has 0 radical (unpaired) electrons. The number of hydrogen-bond donors (Lipinski definition) is 2. The Morgan fingerprint density at radius 3 is 2.78 bits per heavy atom. The number of primary amides is 1. The van der Waals surface area contributed by atoms with Gasteiger partial charge in [0.2, 0.25) is 11.9 Å². The van der Waals surface area contributed by atoms with E-state index in [2.05, 4.69) is 9.97 Å². The Kier molecular flexibility index (Phi) is 2.73. The molecule has 0 aliphatic carbocycles. The molecule has 2 aromatic rings. The molecule has 1 amide bonds. The van der Waals surface area contributed by atoms with E-state index in [1.807, 2.05) is 13.0 Å². The smallest absolute Gasteiger partial charge is 0.224 e. The van der Waals surface area contributed by atoms with E-state index in [1.165, 1.54) is 0 Å². The van der Waals surface area contributed by atoms with Gasteiger partial charge in [0.1, 0.15) is 5.52 Å². The normalized spacial score (nSPS) is 11.9. The van der Waals surface area contributed by atoms with Crippen molar-refractivity contribution in [2.45, 2.75) is 27.3 Å². The summed E-state index contributed by atoms with van der Waals surface area (Å²) in [7, 11) is 0. The van der Waals surface area contributed by atoms with Gasteiger partial charge in [-0.25, -0.2) is 9.97 Å². The fourth-order valence-electron chi connectivity index (χ4n) is 1.76. The molecule has 6 heteroatoms. The SMILES string of the molecule is Cc1cnc2c(c1)nc(N)n2CC(C)(C)C(N)=O. The summed E-state index contributed by atoms with van der Waals surface area (Å²) in [5.74, 6) is -0.0340. The molecule has 0 aliphatic rings. The average molecular weight is 247 g/mol. The molecule has 0 aliphatic heterocycles.